The third kappa shape index (κ3) is 3.02. The standard InChI is InChI=1S/C22H22O6S/c23-10-17-19(24)20(25)21(26)22(28-17)16-8-12(5-6-14(16)11-27-22)7-15-9-13-3-1-2-4-18(13)29-15/h1-6,8-9,17,19-21,23-26H,7,10-11H2/t17-,19-,20+,21-,22+/m1/s1. The van der Waals surface area contributed by atoms with Gasteiger partial charge in [0.1, 0.15) is 24.4 Å². The molecular formula is C22H22O6S. The van der Waals surface area contributed by atoms with Crippen molar-refractivity contribution in [1.82, 2.24) is 0 Å². The van der Waals surface area contributed by atoms with E-state index in [2.05, 4.69) is 18.2 Å². The fourth-order valence-electron chi connectivity index (χ4n) is 4.25. The lowest BCUT2D eigenvalue weighted by Gasteiger charge is -2.46. The number of ether oxygens (including phenoxy) is 2. The summed E-state index contributed by atoms with van der Waals surface area (Å²) in [6.45, 7) is -0.274. The van der Waals surface area contributed by atoms with Gasteiger partial charge in [-0.2, -0.15) is 0 Å². The minimum atomic E-state index is -1.60. The van der Waals surface area contributed by atoms with Crippen LogP contribution in [-0.2, 0) is 28.3 Å². The van der Waals surface area contributed by atoms with E-state index in [4.69, 9.17) is 9.47 Å². The molecule has 1 spiro atoms. The lowest BCUT2D eigenvalue weighted by Crippen LogP contribution is -2.63. The van der Waals surface area contributed by atoms with E-state index in [0.717, 1.165) is 11.1 Å². The Bertz CT molecular complexity index is 1010. The van der Waals surface area contributed by atoms with Gasteiger partial charge in [0, 0.05) is 21.6 Å². The molecule has 0 amide bonds. The molecule has 1 aromatic heterocycles. The van der Waals surface area contributed by atoms with Gasteiger partial charge in [-0.3, -0.25) is 0 Å². The van der Waals surface area contributed by atoms with Crippen molar-refractivity contribution in [2.24, 2.45) is 0 Å². The van der Waals surface area contributed by atoms with E-state index in [1.54, 1.807) is 11.3 Å². The lowest BCUT2D eigenvalue weighted by molar-refractivity contribution is -0.368. The van der Waals surface area contributed by atoms with E-state index in [0.29, 0.717) is 12.0 Å². The Morgan fingerprint density at radius 3 is 2.66 bits per heavy atom. The van der Waals surface area contributed by atoms with E-state index in [1.807, 2.05) is 30.3 Å². The van der Waals surface area contributed by atoms with Crippen molar-refractivity contribution in [1.29, 1.82) is 0 Å². The van der Waals surface area contributed by atoms with Crippen LogP contribution in [0.15, 0.2) is 48.5 Å². The maximum Gasteiger partial charge on any atom is 0.225 e. The molecule has 5 atom stereocenters. The van der Waals surface area contributed by atoms with Gasteiger partial charge in [-0.1, -0.05) is 30.3 Å². The first-order chi connectivity index (χ1) is 14.0. The lowest BCUT2D eigenvalue weighted by atomic mass is 9.86. The molecule has 0 saturated carbocycles. The topological polar surface area (TPSA) is 99.4 Å². The van der Waals surface area contributed by atoms with Crippen LogP contribution in [0.2, 0.25) is 0 Å². The molecule has 29 heavy (non-hydrogen) atoms. The van der Waals surface area contributed by atoms with Gasteiger partial charge in [0.05, 0.1) is 13.2 Å². The molecule has 5 rings (SSSR count). The normalized spacial score (nSPS) is 31.4. The molecule has 0 aliphatic carbocycles. The van der Waals surface area contributed by atoms with E-state index in [9.17, 15) is 20.4 Å². The largest absolute Gasteiger partial charge is 0.394 e. The number of aliphatic hydroxyl groups is 4. The third-order valence-electron chi connectivity index (χ3n) is 5.80. The second kappa shape index (κ2) is 7.14. The first-order valence-corrected chi connectivity index (χ1v) is 10.4. The van der Waals surface area contributed by atoms with Crippen LogP contribution in [0.5, 0.6) is 0 Å². The Labute approximate surface area is 171 Å². The number of thiophene rings is 1. The summed E-state index contributed by atoms with van der Waals surface area (Å²) in [5, 5.41) is 41.8. The molecular weight excluding hydrogens is 392 g/mol. The van der Waals surface area contributed by atoms with Crippen molar-refractivity contribution in [2.45, 2.75) is 43.2 Å². The van der Waals surface area contributed by atoms with Crippen LogP contribution in [0.3, 0.4) is 0 Å². The summed E-state index contributed by atoms with van der Waals surface area (Å²) in [6, 6.07) is 16.3. The van der Waals surface area contributed by atoms with E-state index in [-0.39, 0.29) is 6.61 Å². The average Bonchev–Trinajstić information content (AvgIpc) is 3.30. The summed E-state index contributed by atoms with van der Waals surface area (Å²) in [5.74, 6) is -1.60. The van der Waals surface area contributed by atoms with Gasteiger partial charge >= 0.3 is 0 Å². The molecule has 0 radical (unpaired) electrons. The van der Waals surface area contributed by atoms with E-state index < -0.39 is 36.8 Å². The molecule has 1 saturated heterocycles. The molecule has 3 heterocycles. The summed E-state index contributed by atoms with van der Waals surface area (Å²) >= 11 is 1.74. The van der Waals surface area contributed by atoms with Crippen molar-refractivity contribution >= 4 is 21.4 Å². The van der Waals surface area contributed by atoms with Crippen molar-refractivity contribution in [3.8, 4) is 0 Å². The van der Waals surface area contributed by atoms with E-state index >= 15 is 0 Å². The predicted molar refractivity (Wildman–Crippen MR) is 108 cm³/mol. The maximum absolute atomic E-state index is 10.7. The molecule has 7 heteroatoms. The highest BCUT2D eigenvalue weighted by molar-refractivity contribution is 7.19. The number of aliphatic hydroxyl groups excluding tert-OH is 4. The number of hydrogen-bond donors (Lipinski definition) is 4. The monoisotopic (exact) mass is 414 g/mol. The number of hydrogen-bond acceptors (Lipinski definition) is 7. The zero-order valence-corrected chi connectivity index (χ0v) is 16.4. The zero-order chi connectivity index (χ0) is 20.2. The van der Waals surface area contributed by atoms with Crippen LogP contribution >= 0.6 is 11.3 Å². The Balaban J connectivity index is 1.50. The highest BCUT2D eigenvalue weighted by Gasteiger charge is 2.58. The van der Waals surface area contributed by atoms with Crippen LogP contribution < -0.4 is 0 Å². The summed E-state index contributed by atoms with van der Waals surface area (Å²) in [5.41, 5.74) is 2.51. The number of fused-ring (bicyclic) bond motifs is 3. The first-order valence-electron chi connectivity index (χ1n) is 9.58. The summed E-state index contributed by atoms with van der Waals surface area (Å²) < 4.78 is 12.9. The van der Waals surface area contributed by atoms with Crippen LogP contribution in [0.1, 0.15) is 21.6 Å². The Morgan fingerprint density at radius 2 is 1.86 bits per heavy atom. The van der Waals surface area contributed by atoms with E-state index in [1.165, 1.54) is 15.0 Å². The summed E-state index contributed by atoms with van der Waals surface area (Å²) in [4.78, 5) is 1.22. The van der Waals surface area contributed by atoms with Crippen molar-refractivity contribution in [3.05, 3.63) is 70.1 Å². The average molecular weight is 414 g/mol. The molecule has 2 aliphatic heterocycles. The number of benzene rings is 2. The van der Waals surface area contributed by atoms with Crippen LogP contribution in [-0.4, -0.2) is 51.4 Å². The molecule has 3 aromatic rings. The Hall–Kier alpha value is -1.84. The number of rotatable bonds is 3. The highest BCUT2D eigenvalue weighted by atomic mass is 32.1. The predicted octanol–water partition coefficient (Wildman–Crippen LogP) is 1.65. The summed E-state index contributed by atoms with van der Waals surface area (Å²) in [6.07, 6.45) is -4.69. The quantitative estimate of drug-likeness (QED) is 0.520. The highest BCUT2D eigenvalue weighted by Crippen LogP contribution is 2.46. The Kier molecular flexibility index (Phi) is 4.71. The van der Waals surface area contributed by atoms with Crippen molar-refractivity contribution in [3.63, 3.8) is 0 Å². The van der Waals surface area contributed by atoms with Crippen LogP contribution in [0.25, 0.3) is 10.1 Å². The summed E-state index contributed by atoms with van der Waals surface area (Å²) in [7, 11) is 0. The van der Waals surface area contributed by atoms with Gasteiger partial charge in [0.25, 0.3) is 0 Å². The van der Waals surface area contributed by atoms with Crippen LogP contribution in [0.4, 0.5) is 0 Å². The second-order valence-electron chi connectivity index (χ2n) is 7.64. The van der Waals surface area contributed by atoms with Crippen molar-refractivity contribution in [2.75, 3.05) is 6.61 Å². The molecule has 1 fully saturated rings. The van der Waals surface area contributed by atoms with Gasteiger partial charge in [-0.15, -0.1) is 11.3 Å². The van der Waals surface area contributed by atoms with Gasteiger partial charge < -0.3 is 29.9 Å². The fourth-order valence-corrected chi connectivity index (χ4v) is 5.35. The molecule has 0 bridgehead atoms. The van der Waals surface area contributed by atoms with Gasteiger partial charge in [0.15, 0.2) is 0 Å². The maximum atomic E-state index is 10.7. The molecule has 0 unspecified atom stereocenters. The van der Waals surface area contributed by atoms with Gasteiger partial charge in [-0.05, 0) is 34.7 Å². The zero-order valence-electron chi connectivity index (χ0n) is 15.6. The van der Waals surface area contributed by atoms with Crippen LogP contribution in [0, 0.1) is 0 Å². The molecule has 2 aliphatic rings. The molecule has 4 N–H and O–H groups in total. The fraction of sp³-hybridized carbons (Fsp3) is 0.364. The molecule has 6 nitrogen and oxygen atoms in total. The first kappa shape index (κ1) is 19.1. The van der Waals surface area contributed by atoms with Crippen molar-refractivity contribution < 1.29 is 29.9 Å². The smallest absolute Gasteiger partial charge is 0.225 e. The minimum absolute atomic E-state index is 0.219. The molecule has 2 aromatic carbocycles. The Morgan fingerprint density at radius 1 is 1.03 bits per heavy atom. The third-order valence-corrected chi connectivity index (χ3v) is 6.91. The minimum Gasteiger partial charge on any atom is -0.394 e. The van der Waals surface area contributed by atoms with Gasteiger partial charge in [0.2, 0.25) is 5.79 Å². The molecule has 152 valence electrons. The second-order valence-corrected chi connectivity index (χ2v) is 8.81. The van der Waals surface area contributed by atoms with Gasteiger partial charge in [-0.25, -0.2) is 0 Å². The SMILES string of the molecule is OC[C@H]1O[C@]2(OCc3ccc(Cc4cc5ccccc5s4)cc32)[C@H](O)[C@@H](O)[C@@H]1O.